The highest BCUT2D eigenvalue weighted by Gasteiger charge is 2.24. The van der Waals surface area contributed by atoms with Crippen LogP contribution in [0.5, 0.6) is 0 Å². The van der Waals surface area contributed by atoms with Gasteiger partial charge in [0.1, 0.15) is 0 Å². The van der Waals surface area contributed by atoms with Crippen molar-refractivity contribution >= 4 is 17.0 Å². The van der Waals surface area contributed by atoms with Crippen LogP contribution in [-0.2, 0) is 9.47 Å². The molecule has 0 bridgehead atoms. The Bertz CT molecular complexity index is 271. The first kappa shape index (κ1) is 29.6. The lowest BCUT2D eigenvalue weighted by molar-refractivity contribution is -0.233. The predicted molar refractivity (Wildman–Crippen MR) is 125 cm³/mol. The molecule has 166 valence electrons. The molecule has 27 heavy (non-hydrogen) atoms. The van der Waals surface area contributed by atoms with Crippen molar-refractivity contribution in [3.63, 3.8) is 0 Å². The lowest BCUT2D eigenvalue weighted by Gasteiger charge is -2.28. The summed E-state index contributed by atoms with van der Waals surface area (Å²) in [4.78, 5) is 0. The van der Waals surface area contributed by atoms with Crippen LogP contribution in [0.4, 0.5) is 0 Å². The number of halogens is 1. The predicted octanol–water partition coefficient (Wildman–Crippen LogP) is 7.90. The Hall–Kier alpha value is 0.360. The van der Waals surface area contributed by atoms with E-state index in [1.807, 2.05) is 13.8 Å². The summed E-state index contributed by atoms with van der Waals surface area (Å²) >= 11 is 0. The fourth-order valence-electron chi connectivity index (χ4n) is 3.59. The Labute approximate surface area is 181 Å². The zero-order chi connectivity index (χ0) is 19.3. The monoisotopic (exact) mass is 451 g/mol. The van der Waals surface area contributed by atoms with Gasteiger partial charge < -0.3 is 9.47 Å². The Morgan fingerprint density at radius 1 is 0.519 bits per heavy atom. The molecule has 0 amide bonds. The van der Waals surface area contributed by atoms with Gasteiger partial charge in [-0.2, -0.15) is 0 Å². The Morgan fingerprint density at radius 3 is 1.11 bits per heavy atom. The van der Waals surface area contributed by atoms with Crippen LogP contribution in [0, 0.1) is 0 Å². The van der Waals surface area contributed by atoms with Gasteiger partial charge >= 0.3 is 0 Å². The van der Waals surface area contributed by atoms with E-state index in [2.05, 4.69) is 6.92 Å². The minimum atomic E-state index is -0.862. The first-order chi connectivity index (χ1) is 12.7. The average Bonchev–Trinajstić information content (AvgIpc) is 2.62. The van der Waals surface area contributed by atoms with Crippen molar-refractivity contribution < 1.29 is 9.47 Å². The molecule has 0 heterocycles. The fourth-order valence-corrected chi connectivity index (χ4v) is 3.59. The van der Waals surface area contributed by atoms with Gasteiger partial charge in [-0.3, -0.25) is 5.73 Å². The van der Waals surface area contributed by atoms with E-state index in [0.717, 1.165) is 12.8 Å². The molecule has 0 saturated carbocycles. The van der Waals surface area contributed by atoms with Crippen LogP contribution in [-0.4, -0.2) is 19.1 Å². The number of unbranched alkanes of at least 4 members (excludes halogenated alkanes) is 15. The van der Waals surface area contributed by atoms with Gasteiger partial charge in [0.25, 0.3) is 0 Å². The normalized spacial score (nSPS) is 11.6. The zero-order valence-electron chi connectivity index (χ0n) is 18.7. The molecule has 0 aliphatic heterocycles. The van der Waals surface area contributed by atoms with Crippen LogP contribution >= 0.6 is 17.0 Å². The van der Waals surface area contributed by atoms with E-state index in [-0.39, 0.29) is 17.0 Å². The Morgan fingerprint density at radius 2 is 0.815 bits per heavy atom. The molecule has 0 aromatic carbocycles. The van der Waals surface area contributed by atoms with Crippen molar-refractivity contribution in [1.29, 1.82) is 0 Å². The van der Waals surface area contributed by atoms with Gasteiger partial charge in [-0.15, -0.1) is 17.0 Å². The van der Waals surface area contributed by atoms with Gasteiger partial charge in [-0.05, 0) is 20.3 Å². The third kappa shape index (κ3) is 20.9. The number of hydrogen-bond acceptors (Lipinski definition) is 3. The maximum atomic E-state index is 6.14. The van der Waals surface area contributed by atoms with Crippen LogP contribution in [0.1, 0.15) is 130 Å². The molecule has 0 aromatic rings. The minimum Gasteiger partial charge on any atom is -0.338 e. The maximum Gasteiger partial charge on any atom is 0.224 e. The van der Waals surface area contributed by atoms with Crippen molar-refractivity contribution in [3.8, 4) is 0 Å². The molecular formula is C23H50BrNO2. The number of ether oxygens (including phenoxy) is 2. The van der Waals surface area contributed by atoms with Crippen LogP contribution < -0.4 is 5.73 Å². The summed E-state index contributed by atoms with van der Waals surface area (Å²) < 4.78 is 11.1. The minimum absolute atomic E-state index is 0. The topological polar surface area (TPSA) is 44.5 Å². The molecule has 0 spiro atoms. The van der Waals surface area contributed by atoms with Crippen molar-refractivity contribution in [2.75, 3.05) is 13.2 Å². The number of hydrogen-bond donors (Lipinski definition) is 1. The van der Waals surface area contributed by atoms with Crippen molar-refractivity contribution in [2.24, 2.45) is 5.73 Å². The average molecular weight is 453 g/mol. The molecule has 4 heteroatoms. The van der Waals surface area contributed by atoms with E-state index >= 15 is 0 Å². The van der Waals surface area contributed by atoms with Crippen LogP contribution in [0.15, 0.2) is 0 Å². The molecular weight excluding hydrogens is 402 g/mol. The molecule has 0 aliphatic carbocycles. The highest BCUT2D eigenvalue weighted by atomic mass is 79.9. The second-order valence-corrected chi connectivity index (χ2v) is 7.73. The van der Waals surface area contributed by atoms with E-state index in [0.29, 0.717) is 13.2 Å². The van der Waals surface area contributed by atoms with Crippen molar-refractivity contribution in [3.05, 3.63) is 0 Å². The van der Waals surface area contributed by atoms with E-state index in [1.165, 1.54) is 96.3 Å². The van der Waals surface area contributed by atoms with Crippen LogP contribution in [0.25, 0.3) is 0 Å². The van der Waals surface area contributed by atoms with Gasteiger partial charge in [-0.1, -0.05) is 103 Å². The largest absolute Gasteiger partial charge is 0.338 e. The highest BCUT2D eigenvalue weighted by Crippen LogP contribution is 2.18. The zero-order valence-corrected chi connectivity index (χ0v) is 20.5. The molecule has 0 rings (SSSR count). The second kappa shape index (κ2) is 22.6. The molecule has 0 saturated heterocycles. The molecule has 2 N–H and O–H groups in total. The van der Waals surface area contributed by atoms with E-state index in [4.69, 9.17) is 15.2 Å². The SMILES string of the molecule is Br.CCCCCCCCCCCCCCCCCCC(N)(OCC)OCC. The van der Waals surface area contributed by atoms with E-state index in [9.17, 15) is 0 Å². The van der Waals surface area contributed by atoms with Gasteiger partial charge in [0.15, 0.2) is 0 Å². The quantitative estimate of drug-likeness (QED) is 0.142. The third-order valence-electron chi connectivity index (χ3n) is 5.16. The van der Waals surface area contributed by atoms with Crippen molar-refractivity contribution in [2.45, 2.75) is 136 Å². The first-order valence-corrected chi connectivity index (χ1v) is 11.7. The Kier molecular flexibility index (Phi) is 24.8. The maximum absolute atomic E-state index is 6.14. The molecule has 0 radical (unpaired) electrons. The van der Waals surface area contributed by atoms with Gasteiger partial charge in [0, 0.05) is 19.6 Å². The summed E-state index contributed by atoms with van der Waals surface area (Å²) in [5.74, 6) is -0.862. The standard InChI is InChI=1S/C23H49NO2.BrH/c1-4-7-8-9-10-11-12-13-14-15-16-17-18-19-20-21-22-23(24,25-5-2)26-6-3;/h4-22,24H2,1-3H3;1H. The third-order valence-corrected chi connectivity index (χ3v) is 5.16. The van der Waals surface area contributed by atoms with E-state index in [1.54, 1.807) is 0 Å². The van der Waals surface area contributed by atoms with Crippen LogP contribution in [0.2, 0.25) is 0 Å². The summed E-state index contributed by atoms with van der Waals surface area (Å²) in [6.45, 7) is 7.43. The number of nitrogens with two attached hydrogens (primary N) is 1. The highest BCUT2D eigenvalue weighted by molar-refractivity contribution is 8.93. The fraction of sp³-hybridized carbons (Fsp3) is 1.00. The first-order valence-electron chi connectivity index (χ1n) is 11.7. The summed E-state index contributed by atoms with van der Waals surface area (Å²) in [5, 5.41) is 0. The lowest BCUT2D eigenvalue weighted by Crippen LogP contribution is -2.45. The van der Waals surface area contributed by atoms with Gasteiger partial charge in [0.2, 0.25) is 5.91 Å². The molecule has 0 atom stereocenters. The summed E-state index contributed by atoms with van der Waals surface area (Å²) in [5.41, 5.74) is 6.14. The summed E-state index contributed by atoms with van der Waals surface area (Å²) in [7, 11) is 0. The molecule has 3 nitrogen and oxygen atoms in total. The molecule has 0 unspecified atom stereocenters. The smallest absolute Gasteiger partial charge is 0.224 e. The van der Waals surface area contributed by atoms with Crippen molar-refractivity contribution in [1.82, 2.24) is 0 Å². The Balaban J connectivity index is 0. The van der Waals surface area contributed by atoms with Gasteiger partial charge in [0.05, 0.1) is 0 Å². The number of rotatable bonds is 21. The summed E-state index contributed by atoms with van der Waals surface area (Å²) in [6, 6.07) is 0. The summed E-state index contributed by atoms with van der Waals surface area (Å²) in [6.07, 6.45) is 22.9. The van der Waals surface area contributed by atoms with Crippen LogP contribution in [0.3, 0.4) is 0 Å². The molecule has 0 fully saturated rings. The molecule has 0 aromatic heterocycles. The second-order valence-electron chi connectivity index (χ2n) is 7.73. The van der Waals surface area contributed by atoms with Gasteiger partial charge in [-0.25, -0.2) is 0 Å². The molecule has 0 aliphatic rings. The van der Waals surface area contributed by atoms with E-state index < -0.39 is 5.91 Å². The lowest BCUT2D eigenvalue weighted by atomic mass is 10.0.